The second-order valence-electron chi connectivity index (χ2n) is 4.93. The van der Waals surface area contributed by atoms with E-state index in [0.29, 0.717) is 18.0 Å². The molecule has 6 nitrogen and oxygen atoms in total. The van der Waals surface area contributed by atoms with Crippen LogP contribution in [0.2, 0.25) is 0 Å². The lowest BCUT2D eigenvalue weighted by atomic mass is 10.1. The van der Waals surface area contributed by atoms with Gasteiger partial charge in [-0.2, -0.15) is 4.98 Å². The quantitative estimate of drug-likeness (QED) is 0.879. The summed E-state index contributed by atoms with van der Waals surface area (Å²) in [6, 6.07) is 6.53. The van der Waals surface area contributed by atoms with Gasteiger partial charge in [0.1, 0.15) is 6.10 Å². The largest absolute Gasteiger partial charge is 0.478 e. The molecule has 1 aromatic heterocycles. The van der Waals surface area contributed by atoms with Crippen LogP contribution in [-0.2, 0) is 4.74 Å². The molecular weight excluding hydrogens is 272 g/mol. The summed E-state index contributed by atoms with van der Waals surface area (Å²) >= 11 is 0. The Hall–Kier alpha value is -2.21. The third kappa shape index (κ3) is 3.28. The van der Waals surface area contributed by atoms with Gasteiger partial charge in [-0.15, -0.1) is 0 Å². The fourth-order valence-corrected chi connectivity index (χ4v) is 2.06. The first-order valence-electron chi connectivity index (χ1n) is 6.82. The molecule has 0 fully saturated rings. The van der Waals surface area contributed by atoms with Crippen LogP contribution >= 0.6 is 0 Å². The van der Waals surface area contributed by atoms with Crippen LogP contribution in [0.25, 0.3) is 11.5 Å². The van der Waals surface area contributed by atoms with E-state index in [0.717, 1.165) is 0 Å². The summed E-state index contributed by atoms with van der Waals surface area (Å²) < 4.78 is 10.8. The van der Waals surface area contributed by atoms with Crippen LogP contribution in [0, 0.1) is 5.92 Å². The molecule has 6 heteroatoms. The smallest absolute Gasteiger partial charge is 0.336 e. The number of carboxylic acids is 1. The third-order valence-electron chi connectivity index (χ3n) is 3.04. The molecule has 2 aromatic rings. The Labute approximate surface area is 122 Å². The molecule has 112 valence electrons. The fraction of sp³-hybridized carbons (Fsp3) is 0.400. The highest BCUT2D eigenvalue weighted by atomic mass is 16.5. The molecule has 2 rings (SSSR count). The lowest BCUT2D eigenvalue weighted by Crippen LogP contribution is -2.12. The van der Waals surface area contributed by atoms with Crippen LogP contribution in [0.3, 0.4) is 0 Å². The van der Waals surface area contributed by atoms with Gasteiger partial charge in [0.05, 0.1) is 11.1 Å². The molecule has 0 radical (unpaired) electrons. The van der Waals surface area contributed by atoms with Gasteiger partial charge in [-0.3, -0.25) is 0 Å². The Morgan fingerprint density at radius 1 is 1.38 bits per heavy atom. The molecule has 1 N–H and O–H groups in total. The Morgan fingerprint density at radius 3 is 2.71 bits per heavy atom. The predicted molar refractivity (Wildman–Crippen MR) is 75.9 cm³/mol. The van der Waals surface area contributed by atoms with Gasteiger partial charge in [-0.05, 0) is 25.0 Å². The van der Waals surface area contributed by atoms with E-state index in [9.17, 15) is 9.90 Å². The summed E-state index contributed by atoms with van der Waals surface area (Å²) in [6.45, 7) is 6.44. The predicted octanol–water partition coefficient (Wildman–Crippen LogP) is 3.17. The number of carbonyl (C=O) groups is 1. The molecule has 0 saturated heterocycles. The number of rotatable bonds is 6. The average Bonchev–Trinajstić information content (AvgIpc) is 2.93. The van der Waals surface area contributed by atoms with E-state index in [4.69, 9.17) is 9.26 Å². The van der Waals surface area contributed by atoms with Crippen molar-refractivity contribution >= 4 is 5.97 Å². The van der Waals surface area contributed by atoms with Crippen molar-refractivity contribution < 1.29 is 19.2 Å². The van der Waals surface area contributed by atoms with Crippen LogP contribution in [0.1, 0.15) is 43.1 Å². The Kier molecular flexibility index (Phi) is 4.70. The molecule has 0 aliphatic heterocycles. The third-order valence-corrected chi connectivity index (χ3v) is 3.04. The first kappa shape index (κ1) is 15.2. The summed E-state index contributed by atoms with van der Waals surface area (Å²) in [5, 5.41) is 13.1. The number of ether oxygens (including phenoxy) is 1. The lowest BCUT2D eigenvalue weighted by molar-refractivity contribution is 0.0217. The summed E-state index contributed by atoms with van der Waals surface area (Å²) in [5.41, 5.74) is 0.535. The summed E-state index contributed by atoms with van der Waals surface area (Å²) in [7, 11) is 0. The number of aromatic carboxylic acids is 1. The Balaban J connectivity index is 2.38. The van der Waals surface area contributed by atoms with Crippen LogP contribution in [0.4, 0.5) is 0 Å². The molecular formula is C15H18N2O4. The molecule has 1 aromatic carbocycles. The number of carboxylic acid groups (broad SMARTS) is 1. The maximum absolute atomic E-state index is 11.2. The van der Waals surface area contributed by atoms with Crippen LogP contribution in [0.15, 0.2) is 28.8 Å². The number of hydrogen-bond donors (Lipinski definition) is 1. The van der Waals surface area contributed by atoms with Gasteiger partial charge in [-0.1, -0.05) is 31.1 Å². The van der Waals surface area contributed by atoms with Gasteiger partial charge in [0.25, 0.3) is 5.89 Å². The molecule has 21 heavy (non-hydrogen) atoms. The van der Waals surface area contributed by atoms with E-state index < -0.39 is 5.97 Å². The van der Waals surface area contributed by atoms with Crippen molar-refractivity contribution in [3.8, 4) is 11.5 Å². The summed E-state index contributed by atoms with van der Waals surface area (Å²) in [6.07, 6.45) is -0.274. The topological polar surface area (TPSA) is 85.5 Å². The molecule has 1 unspecified atom stereocenters. The minimum Gasteiger partial charge on any atom is -0.478 e. The summed E-state index contributed by atoms with van der Waals surface area (Å²) in [5.74, 6) is -0.226. The van der Waals surface area contributed by atoms with Gasteiger partial charge >= 0.3 is 5.97 Å². The zero-order valence-corrected chi connectivity index (χ0v) is 12.2. The monoisotopic (exact) mass is 290 g/mol. The molecule has 0 amide bonds. The van der Waals surface area contributed by atoms with Crippen LogP contribution in [0.5, 0.6) is 0 Å². The molecule has 0 aliphatic carbocycles. The normalized spacial score (nSPS) is 12.6. The van der Waals surface area contributed by atoms with Crippen molar-refractivity contribution in [2.24, 2.45) is 5.92 Å². The molecule has 0 saturated carbocycles. The first-order valence-corrected chi connectivity index (χ1v) is 6.82. The number of nitrogens with zero attached hydrogens (tertiary/aromatic N) is 2. The standard InChI is InChI=1S/C15H18N2O4/c1-4-20-12(9(2)3)13-16-14(21-17-13)10-7-5-6-8-11(10)15(18)19/h5-9,12H,4H2,1-3H3,(H,18,19). The first-order chi connectivity index (χ1) is 10.0. The molecule has 0 spiro atoms. The van der Waals surface area contributed by atoms with Crippen LogP contribution < -0.4 is 0 Å². The number of benzene rings is 1. The SMILES string of the molecule is CCOC(c1noc(-c2ccccc2C(=O)O)n1)C(C)C. The van der Waals surface area contributed by atoms with Crippen molar-refractivity contribution in [3.63, 3.8) is 0 Å². The van der Waals surface area contributed by atoms with Crippen LogP contribution in [-0.4, -0.2) is 27.8 Å². The van der Waals surface area contributed by atoms with E-state index in [1.54, 1.807) is 18.2 Å². The highest BCUT2D eigenvalue weighted by molar-refractivity contribution is 5.94. The van der Waals surface area contributed by atoms with Gasteiger partial charge in [0.2, 0.25) is 5.82 Å². The second kappa shape index (κ2) is 6.49. The highest BCUT2D eigenvalue weighted by Gasteiger charge is 2.24. The van der Waals surface area contributed by atoms with E-state index in [1.807, 2.05) is 20.8 Å². The zero-order valence-electron chi connectivity index (χ0n) is 12.2. The van der Waals surface area contributed by atoms with Gasteiger partial charge in [0.15, 0.2) is 0 Å². The maximum Gasteiger partial charge on any atom is 0.336 e. The van der Waals surface area contributed by atoms with Gasteiger partial charge in [-0.25, -0.2) is 4.79 Å². The molecule has 1 heterocycles. The fourth-order valence-electron chi connectivity index (χ4n) is 2.06. The minimum atomic E-state index is -1.03. The number of hydrogen-bond acceptors (Lipinski definition) is 5. The van der Waals surface area contributed by atoms with Crippen molar-refractivity contribution in [3.05, 3.63) is 35.7 Å². The maximum atomic E-state index is 11.2. The second-order valence-corrected chi connectivity index (χ2v) is 4.93. The van der Waals surface area contributed by atoms with Gasteiger partial charge < -0.3 is 14.4 Å². The minimum absolute atomic E-state index is 0.130. The molecule has 0 bridgehead atoms. The zero-order chi connectivity index (χ0) is 15.4. The number of aromatic nitrogens is 2. The van der Waals surface area contributed by atoms with Crippen molar-refractivity contribution in [2.75, 3.05) is 6.61 Å². The van der Waals surface area contributed by atoms with Crippen molar-refractivity contribution in [1.29, 1.82) is 0 Å². The van der Waals surface area contributed by atoms with E-state index in [1.165, 1.54) is 6.07 Å². The van der Waals surface area contributed by atoms with E-state index in [2.05, 4.69) is 10.1 Å². The average molecular weight is 290 g/mol. The van der Waals surface area contributed by atoms with E-state index >= 15 is 0 Å². The Bertz CT molecular complexity index is 622. The molecule has 0 aliphatic rings. The van der Waals surface area contributed by atoms with Crippen molar-refractivity contribution in [1.82, 2.24) is 10.1 Å². The Morgan fingerprint density at radius 2 is 2.10 bits per heavy atom. The van der Waals surface area contributed by atoms with Crippen molar-refractivity contribution in [2.45, 2.75) is 26.9 Å². The van der Waals surface area contributed by atoms with Gasteiger partial charge in [0, 0.05) is 6.61 Å². The highest BCUT2D eigenvalue weighted by Crippen LogP contribution is 2.27. The lowest BCUT2D eigenvalue weighted by Gasteiger charge is -2.16. The van der Waals surface area contributed by atoms with E-state index in [-0.39, 0.29) is 23.5 Å². The molecule has 1 atom stereocenters. The summed E-state index contributed by atoms with van der Waals surface area (Å²) in [4.78, 5) is 15.5.